The highest BCUT2D eigenvalue weighted by Crippen LogP contribution is 2.17. The van der Waals surface area contributed by atoms with Crippen LogP contribution in [0, 0.1) is 6.92 Å². The molecule has 0 radical (unpaired) electrons. The third-order valence-corrected chi connectivity index (χ3v) is 3.78. The van der Waals surface area contributed by atoms with Crippen molar-refractivity contribution in [3.63, 3.8) is 0 Å². The van der Waals surface area contributed by atoms with Crippen LogP contribution in [0.25, 0.3) is 5.65 Å². The minimum absolute atomic E-state index is 0.174. The Morgan fingerprint density at radius 3 is 2.50 bits per heavy atom. The number of nitrogens with zero attached hydrogens (tertiary/aromatic N) is 2. The fourth-order valence-corrected chi connectivity index (χ4v) is 2.57. The zero-order valence-electron chi connectivity index (χ0n) is 13.4. The molecule has 0 atom stereocenters. The second-order valence-electron chi connectivity index (χ2n) is 5.53. The minimum Gasteiger partial charge on any atom is -0.478 e. The number of carbonyl (C=O) groups excluding carboxylic acids is 1. The highest BCUT2D eigenvalue weighted by molar-refractivity contribution is 6.04. The van der Waals surface area contributed by atoms with Gasteiger partial charge in [-0.1, -0.05) is 13.0 Å². The van der Waals surface area contributed by atoms with Gasteiger partial charge in [-0.2, -0.15) is 0 Å². The number of carboxylic acid groups (broad SMARTS) is 1. The number of aromatic carboxylic acids is 1. The number of anilines is 1. The molecule has 0 saturated heterocycles. The third-order valence-electron chi connectivity index (χ3n) is 3.78. The summed E-state index contributed by atoms with van der Waals surface area (Å²) >= 11 is 0. The van der Waals surface area contributed by atoms with Crippen molar-refractivity contribution in [2.45, 2.75) is 20.3 Å². The maximum Gasteiger partial charge on any atom is 0.335 e. The molecule has 0 aliphatic rings. The Morgan fingerprint density at radius 1 is 1.17 bits per heavy atom. The minimum atomic E-state index is -1.00. The maximum atomic E-state index is 12.7. The van der Waals surface area contributed by atoms with Crippen molar-refractivity contribution < 1.29 is 14.7 Å². The standard InChI is InChI=1S/C18H17N3O3/c1-3-14-16(21-10-11(2)4-9-15(21)20-14)17(22)19-13-7-5-12(6-8-13)18(23)24/h4-10H,3H2,1-2H3,(H,19,22)(H,23,24). The number of imidazole rings is 1. The van der Waals surface area contributed by atoms with E-state index in [2.05, 4.69) is 10.3 Å². The quantitative estimate of drug-likeness (QED) is 0.772. The lowest BCUT2D eigenvalue weighted by Gasteiger charge is -2.07. The summed E-state index contributed by atoms with van der Waals surface area (Å²) in [5.74, 6) is -1.27. The van der Waals surface area contributed by atoms with E-state index in [1.807, 2.05) is 32.2 Å². The van der Waals surface area contributed by atoms with Crippen molar-refractivity contribution in [2.24, 2.45) is 0 Å². The van der Waals surface area contributed by atoms with Crippen molar-refractivity contribution in [1.29, 1.82) is 0 Å². The van der Waals surface area contributed by atoms with Crippen LogP contribution in [0.5, 0.6) is 0 Å². The molecule has 0 spiro atoms. The van der Waals surface area contributed by atoms with Crippen LogP contribution in [0.2, 0.25) is 0 Å². The summed E-state index contributed by atoms with van der Waals surface area (Å²) in [6, 6.07) is 9.89. The monoisotopic (exact) mass is 323 g/mol. The molecule has 2 aromatic heterocycles. The van der Waals surface area contributed by atoms with Crippen molar-refractivity contribution >= 4 is 23.2 Å². The molecule has 2 N–H and O–H groups in total. The first-order valence-corrected chi connectivity index (χ1v) is 7.62. The summed E-state index contributed by atoms with van der Waals surface area (Å²) < 4.78 is 1.79. The van der Waals surface area contributed by atoms with E-state index >= 15 is 0 Å². The Labute approximate surface area is 138 Å². The molecule has 0 bridgehead atoms. The van der Waals surface area contributed by atoms with Gasteiger partial charge in [-0.05, 0) is 49.2 Å². The van der Waals surface area contributed by atoms with Crippen LogP contribution in [-0.4, -0.2) is 26.4 Å². The summed E-state index contributed by atoms with van der Waals surface area (Å²) in [4.78, 5) is 28.1. The molecule has 6 nitrogen and oxygen atoms in total. The molecule has 2 heterocycles. The number of benzene rings is 1. The highest BCUT2D eigenvalue weighted by atomic mass is 16.4. The second-order valence-corrected chi connectivity index (χ2v) is 5.53. The fraction of sp³-hybridized carbons (Fsp3) is 0.167. The van der Waals surface area contributed by atoms with Gasteiger partial charge >= 0.3 is 5.97 Å². The first kappa shape index (κ1) is 15.7. The van der Waals surface area contributed by atoms with Crippen LogP contribution < -0.4 is 5.32 Å². The Kier molecular flexibility index (Phi) is 4.04. The predicted octanol–water partition coefficient (Wildman–Crippen LogP) is 3.16. The Balaban J connectivity index is 1.96. The van der Waals surface area contributed by atoms with Gasteiger partial charge in [0, 0.05) is 11.9 Å². The molecule has 0 saturated carbocycles. The molecule has 0 aliphatic heterocycles. The summed E-state index contributed by atoms with van der Waals surface area (Å²) in [7, 11) is 0. The van der Waals surface area contributed by atoms with Gasteiger partial charge in [0.1, 0.15) is 11.3 Å². The third kappa shape index (κ3) is 2.86. The first-order valence-electron chi connectivity index (χ1n) is 7.62. The average molecular weight is 323 g/mol. The zero-order chi connectivity index (χ0) is 17.3. The van der Waals surface area contributed by atoms with E-state index in [-0.39, 0.29) is 11.5 Å². The van der Waals surface area contributed by atoms with E-state index in [4.69, 9.17) is 5.11 Å². The fourth-order valence-electron chi connectivity index (χ4n) is 2.57. The lowest BCUT2D eigenvalue weighted by Crippen LogP contribution is -2.16. The summed E-state index contributed by atoms with van der Waals surface area (Å²) in [5, 5.41) is 11.7. The normalized spacial score (nSPS) is 10.8. The van der Waals surface area contributed by atoms with Crippen molar-refractivity contribution in [2.75, 3.05) is 5.32 Å². The van der Waals surface area contributed by atoms with Gasteiger partial charge in [-0.25, -0.2) is 9.78 Å². The van der Waals surface area contributed by atoms with Gasteiger partial charge in [-0.15, -0.1) is 0 Å². The van der Waals surface area contributed by atoms with Crippen LogP contribution in [-0.2, 0) is 6.42 Å². The number of rotatable bonds is 4. The van der Waals surface area contributed by atoms with Crippen LogP contribution >= 0.6 is 0 Å². The molecule has 0 unspecified atom stereocenters. The summed E-state index contributed by atoms with van der Waals surface area (Å²) in [6.07, 6.45) is 2.52. The van der Waals surface area contributed by atoms with Crippen molar-refractivity contribution in [3.8, 4) is 0 Å². The Bertz CT molecular complexity index is 927. The van der Waals surface area contributed by atoms with E-state index in [1.165, 1.54) is 12.1 Å². The second kappa shape index (κ2) is 6.16. The van der Waals surface area contributed by atoms with E-state index in [0.29, 0.717) is 17.8 Å². The van der Waals surface area contributed by atoms with Crippen molar-refractivity contribution in [3.05, 3.63) is 65.1 Å². The SMILES string of the molecule is CCc1nc2ccc(C)cn2c1C(=O)Nc1ccc(C(=O)O)cc1. The summed E-state index contributed by atoms with van der Waals surface area (Å²) in [6.45, 7) is 3.91. The molecule has 24 heavy (non-hydrogen) atoms. The molecule has 1 amide bonds. The number of aryl methyl sites for hydroxylation is 2. The predicted molar refractivity (Wildman–Crippen MR) is 90.7 cm³/mol. The molecule has 122 valence electrons. The van der Waals surface area contributed by atoms with E-state index in [1.54, 1.807) is 16.5 Å². The summed E-state index contributed by atoms with van der Waals surface area (Å²) in [5.41, 5.74) is 3.69. The average Bonchev–Trinajstić information content (AvgIpc) is 2.93. The molecular formula is C18H17N3O3. The van der Waals surface area contributed by atoms with Gasteiger partial charge in [-0.3, -0.25) is 9.20 Å². The van der Waals surface area contributed by atoms with E-state index in [0.717, 1.165) is 16.9 Å². The number of carboxylic acids is 1. The van der Waals surface area contributed by atoms with E-state index in [9.17, 15) is 9.59 Å². The molecule has 3 rings (SSSR count). The van der Waals surface area contributed by atoms with Crippen molar-refractivity contribution in [1.82, 2.24) is 9.38 Å². The number of amides is 1. The Morgan fingerprint density at radius 2 is 1.88 bits per heavy atom. The molecular weight excluding hydrogens is 306 g/mol. The number of hydrogen-bond acceptors (Lipinski definition) is 3. The van der Waals surface area contributed by atoms with Gasteiger partial charge < -0.3 is 10.4 Å². The topological polar surface area (TPSA) is 83.7 Å². The number of carbonyl (C=O) groups is 2. The van der Waals surface area contributed by atoms with Gasteiger partial charge in [0.05, 0.1) is 11.3 Å². The van der Waals surface area contributed by atoms with Gasteiger partial charge in [0.2, 0.25) is 0 Å². The number of pyridine rings is 1. The van der Waals surface area contributed by atoms with Crippen LogP contribution in [0.3, 0.4) is 0 Å². The smallest absolute Gasteiger partial charge is 0.335 e. The van der Waals surface area contributed by atoms with Crippen LogP contribution in [0.4, 0.5) is 5.69 Å². The van der Waals surface area contributed by atoms with Gasteiger partial charge in [0.25, 0.3) is 5.91 Å². The Hall–Kier alpha value is -3.15. The lowest BCUT2D eigenvalue weighted by atomic mass is 10.2. The lowest BCUT2D eigenvalue weighted by molar-refractivity contribution is 0.0696. The molecule has 3 aromatic rings. The number of hydrogen-bond donors (Lipinski definition) is 2. The molecule has 0 aliphatic carbocycles. The largest absolute Gasteiger partial charge is 0.478 e. The van der Waals surface area contributed by atoms with Crippen LogP contribution in [0.15, 0.2) is 42.6 Å². The zero-order valence-corrected chi connectivity index (χ0v) is 13.4. The number of aromatic nitrogens is 2. The van der Waals surface area contributed by atoms with E-state index < -0.39 is 5.97 Å². The van der Waals surface area contributed by atoms with Gasteiger partial charge in [0.15, 0.2) is 0 Å². The molecule has 1 aromatic carbocycles. The maximum absolute atomic E-state index is 12.7. The molecule has 6 heteroatoms. The number of fused-ring (bicyclic) bond motifs is 1. The highest BCUT2D eigenvalue weighted by Gasteiger charge is 2.18. The first-order chi connectivity index (χ1) is 11.5. The number of nitrogens with one attached hydrogen (secondary N) is 1. The molecule has 0 fully saturated rings. The van der Waals surface area contributed by atoms with Crippen LogP contribution in [0.1, 0.15) is 39.0 Å².